The highest BCUT2D eigenvalue weighted by Gasteiger charge is 2.28. The number of thiazole rings is 1. The van der Waals surface area contributed by atoms with Gasteiger partial charge in [0.05, 0.1) is 22.3 Å². The van der Waals surface area contributed by atoms with Gasteiger partial charge in [-0.25, -0.2) is 4.98 Å². The number of hydrogen-bond donors (Lipinski definition) is 5. The Bertz CT molecular complexity index is 813. The van der Waals surface area contributed by atoms with Crippen LogP contribution in [0.25, 0.3) is 10.2 Å². The maximum atomic E-state index is 13.1. The lowest BCUT2D eigenvalue weighted by Crippen LogP contribution is -2.51. The number of ketones is 1. The van der Waals surface area contributed by atoms with Gasteiger partial charge in [0.15, 0.2) is 11.0 Å². The Morgan fingerprint density at radius 3 is 2.89 bits per heavy atom. The van der Waals surface area contributed by atoms with E-state index in [0.717, 1.165) is 36.0 Å². The predicted molar refractivity (Wildman–Crippen MR) is 111 cm³/mol. The molecule has 8 nitrogen and oxygen atoms in total. The summed E-state index contributed by atoms with van der Waals surface area (Å²) >= 11 is 1.34. The molecule has 1 aliphatic rings. The summed E-state index contributed by atoms with van der Waals surface area (Å²) in [5.74, 6) is -0.420. The number of nitrogens with two attached hydrogens (primary N) is 1. The number of piperidine rings is 1. The zero-order chi connectivity index (χ0) is 19.9. The van der Waals surface area contributed by atoms with Crippen LogP contribution in [-0.4, -0.2) is 47.8 Å². The molecule has 3 rings (SSSR count). The molecule has 9 heteroatoms. The van der Waals surface area contributed by atoms with Gasteiger partial charge in [0.25, 0.3) is 0 Å². The summed E-state index contributed by atoms with van der Waals surface area (Å²) in [6, 6.07) is 6.70. The van der Waals surface area contributed by atoms with E-state index in [1.54, 1.807) is 0 Å². The Kier molecular flexibility index (Phi) is 6.94. The van der Waals surface area contributed by atoms with E-state index < -0.39 is 6.04 Å². The first-order valence-electron chi connectivity index (χ1n) is 9.56. The van der Waals surface area contributed by atoms with Crippen molar-refractivity contribution in [3.05, 3.63) is 29.3 Å². The van der Waals surface area contributed by atoms with Crippen molar-refractivity contribution in [1.29, 1.82) is 5.41 Å². The van der Waals surface area contributed by atoms with Crippen LogP contribution in [0.15, 0.2) is 24.3 Å². The van der Waals surface area contributed by atoms with Gasteiger partial charge >= 0.3 is 0 Å². The van der Waals surface area contributed by atoms with Crippen molar-refractivity contribution in [3.63, 3.8) is 0 Å². The van der Waals surface area contributed by atoms with Crippen LogP contribution >= 0.6 is 11.3 Å². The van der Waals surface area contributed by atoms with Gasteiger partial charge < -0.3 is 21.7 Å². The van der Waals surface area contributed by atoms with Crippen LogP contribution < -0.4 is 21.7 Å². The fourth-order valence-electron chi connectivity index (χ4n) is 3.27. The molecule has 1 amide bonds. The first-order valence-corrected chi connectivity index (χ1v) is 10.4. The summed E-state index contributed by atoms with van der Waals surface area (Å²) in [7, 11) is 0. The normalized spacial score (nSPS) is 17.8. The van der Waals surface area contributed by atoms with E-state index in [4.69, 9.17) is 11.1 Å². The number of carbonyl (C=O) groups excluding carboxylic acids is 2. The number of fused-ring (bicyclic) bond motifs is 1. The molecule has 1 aromatic heterocycles. The quantitative estimate of drug-likeness (QED) is 0.196. The first-order chi connectivity index (χ1) is 13.5. The zero-order valence-electron chi connectivity index (χ0n) is 15.7. The number of aromatic nitrogens is 1. The second kappa shape index (κ2) is 9.61. The Balaban J connectivity index is 1.70. The molecule has 28 heavy (non-hydrogen) atoms. The summed E-state index contributed by atoms with van der Waals surface area (Å²) < 4.78 is 0.947. The van der Waals surface area contributed by atoms with Crippen LogP contribution in [-0.2, 0) is 4.79 Å². The third kappa shape index (κ3) is 5.26. The molecule has 1 aromatic carbocycles. The molecule has 150 valence electrons. The van der Waals surface area contributed by atoms with Gasteiger partial charge in [-0.1, -0.05) is 18.6 Å². The van der Waals surface area contributed by atoms with Crippen LogP contribution in [0.3, 0.4) is 0 Å². The van der Waals surface area contributed by atoms with Crippen molar-refractivity contribution in [2.24, 2.45) is 5.73 Å². The topological polar surface area (TPSA) is 133 Å². The van der Waals surface area contributed by atoms with Crippen molar-refractivity contribution >= 4 is 39.2 Å². The third-order valence-corrected chi connectivity index (χ3v) is 5.80. The predicted octanol–water partition coefficient (Wildman–Crippen LogP) is 1.37. The summed E-state index contributed by atoms with van der Waals surface area (Å²) in [6.07, 6.45) is 3.89. The fourth-order valence-corrected chi connectivity index (χ4v) is 4.23. The van der Waals surface area contributed by atoms with E-state index in [-0.39, 0.29) is 23.7 Å². The average molecular weight is 403 g/mol. The van der Waals surface area contributed by atoms with Gasteiger partial charge in [-0.2, -0.15) is 0 Å². The van der Waals surface area contributed by atoms with Crippen molar-refractivity contribution < 1.29 is 9.59 Å². The molecule has 0 unspecified atom stereocenters. The van der Waals surface area contributed by atoms with Gasteiger partial charge in [-0.3, -0.25) is 15.0 Å². The van der Waals surface area contributed by atoms with E-state index in [9.17, 15) is 9.59 Å². The van der Waals surface area contributed by atoms with Gasteiger partial charge in [0.2, 0.25) is 11.7 Å². The Hall–Kier alpha value is -2.52. The lowest BCUT2D eigenvalue weighted by Gasteiger charge is -2.25. The molecule has 0 saturated carbocycles. The molecule has 2 atom stereocenters. The molecular weight excluding hydrogens is 376 g/mol. The molecule has 2 aromatic rings. The minimum Gasteiger partial charge on any atom is -0.370 e. The van der Waals surface area contributed by atoms with Crippen molar-refractivity contribution in [3.8, 4) is 0 Å². The molecule has 0 spiro atoms. The average Bonchev–Trinajstić information content (AvgIpc) is 3.14. The second-order valence-corrected chi connectivity index (χ2v) is 7.93. The molecule has 1 saturated heterocycles. The summed E-state index contributed by atoms with van der Waals surface area (Å²) in [4.78, 5) is 30.2. The molecule has 0 bridgehead atoms. The lowest BCUT2D eigenvalue weighted by molar-refractivity contribution is -0.124. The number of carbonyl (C=O) groups is 2. The van der Waals surface area contributed by atoms with Crippen LogP contribution in [0.1, 0.15) is 41.9 Å². The van der Waals surface area contributed by atoms with Gasteiger partial charge in [0, 0.05) is 6.54 Å². The van der Waals surface area contributed by atoms with E-state index in [0.29, 0.717) is 24.4 Å². The van der Waals surface area contributed by atoms with Crippen LogP contribution in [0.2, 0.25) is 0 Å². The summed E-state index contributed by atoms with van der Waals surface area (Å²) in [5.41, 5.74) is 6.09. The molecule has 2 heterocycles. The highest BCUT2D eigenvalue weighted by molar-refractivity contribution is 7.20. The van der Waals surface area contributed by atoms with Gasteiger partial charge in [-0.05, 0) is 44.4 Å². The molecular formula is C19H26N6O2S. The number of benzene rings is 1. The smallest absolute Gasteiger partial charge is 0.237 e. The van der Waals surface area contributed by atoms with Gasteiger partial charge in [0.1, 0.15) is 0 Å². The van der Waals surface area contributed by atoms with Crippen LogP contribution in [0.5, 0.6) is 0 Å². The first kappa shape index (κ1) is 20.2. The maximum absolute atomic E-state index is 13.1. The number of nitrogens with zero attached hydrogens (tertiary/aromatic N) is 1. The Morgan fingerprint density at radius 1 is 1.36 bits per heavy atom. The lowest BCUT2D eigenvalue weighted by atomic mass is 10.0. The minimum absolute atomic E-state index is 0.107. The number of rotatable bonds is 8. The van der Waals surface area contributed by atoms with Crippen molar-refractivity contribution in [1.82, 2.24) is 20.9 Å². The molecule has 0 aliphatic carbocycles. The number of guanidine groups is 1. The van der Waals surface area contributed by atoms with E-state index in [1.165, 1.54) is 11.3 Å². The Labute approximate surface area is 167 Å². The zero-order valence-corrected chi connectivity index (χ0v) is 16.5. The Morgan fingerprint density at radius 2 is 2.18 bits per heavy atom. The number of amides is 1. The number of Topliss-reactive ketones (excluding diaryl/α,β-unsaturated/α-hetero) is 1. The van der Waals surface area contributed by atoms with Crippen LogP contribution in [0.4, 0.5) is 0 Å². The van der Waals surface area contributed by atoms with E-state index in [1.807, 2.05) is 24.3 Å². The summed E-state index contributed by atoms with van der Waals surface area (Å²) in [6.45, 7) is 1.29. The molecule has 6 N–H and O–H groups in total. The van der Waals surface area contributed by atoms with Gasteiger partial charge in [-0.15, -0.1) is 11.3 Å². The second-order valence-electron chi connectivity index (χ2n) is 6.90. The number of hydrogen-bond acceptors (Lipinski definition) is 6. The van der Waals surface area contributed by atoms with E-state index in [2.05, 4.69) is 20.9 Å². The largest absolute Gasteiger partial charge is 0.370 e. The van der Waals surface area contributed by atoms with Crippen molar-refractivity contribution in [2.45, 2.75) is 44.2 Å². The number of nitrogens with one attached hydrogen (secondary N) is 4. The third-order valence-electron chi connectivity index (χ3n) is 4.75. The maximum Gasteiger partial charge on any atom is 0.237 e. The molecule has 1 fully saturated rings. The van der Waals surface area contributed by atoms with Crippen molar-refractivity contribution in [2.75, 3.05) is 13.1 Å². The SMILES string of the molecule is N=C(N)NCCC[C@H](NC(=O)[C@@H]1CCCCN1)C(=O)c1nc2ccccc2s1. The monoisotopic (exact) mass is 402 g/mol. The highest BCUT2D eigenvalue weighted by Crippen LogP contribution is 2.23. The minimum atomic E-state index is -0.648. The summed E-state index contributed by atoms with van der Waals surface area (Å²) in [5, 5.41) is 16.5. The standard InChI is InChI=1S/C19H26N6O2S/c20-19(21)23-11-5-8-13(24-17(27)14-7-3-4-10-22-14)16(26)18-25-12-6-1-2-9-15(12)28-18/h1-2,6,9,13-14,22H,3-5,7-8,10-11H2,(H,24,27)(H4,20,21,23)/t13-,14-/m0/s1. The number of para-hydroxylation sites is 1. The molecule has 0 radical (unpaired) electrons. The van der Waals surface area contributed by atoms with E-state index >= 15 is 0 Å². The van der Waals surface area contributed by atoms with Crippen LogP contribution in [0, 0.1) is 5.41 Å². The molecule has 1 aliphatic heterocycles. The highest BCUT2D eigenvalue weighted by atomic mass is 32.1. The fraction of sp³-hybridized carbons (Fsp3) is 0.474.